The van der Waals surface area contributed by atoms with Crippen LogP contribution in [0.5, 0.6) is 0 Å². The molecule has 2 saturated carbocycles. The topological polar surface area (TPSA) is 0 Å². The van der Waals surface area contributed by atoms with Crippen molar-refractivity contribution in [1.82, 2.24) is 0 Å². The Hall–Kier alpha value is -0.261. The van der Waals surface area contributed by atoms with Crippen LogP contribution in [0, 0.1) is 11.8 Å². The fourth-order valence-electron chi connectivity index (χ4n) is 2.76. The van der Waals surface area contributed by atoms with Crippen molar-refractivity contribution < 1.29 is 0 Å². The fraction of sp³-hybridized carbons (Fsp3) is 0.538. The molecule has 0 amide bonds. The van der Waals surface area contributed by atoms with E-state index in [2.05, 4.69) is 30.3 Å². The van der Waals surface area contributed by atoms with Crippen LogP contribution in [-0.4, -0.2) is 15.0 Å². The van der Waals surface area contributed by atoms with Gasteiger partial charge in [0, 0.05) is 0 Å². The first kappa shape index (κ1) is 9.00. The zero-order valence-electron chi connectivity index (χ0n) is 8.36. The average molecular weight is 251 g/mol. The first-order valence-electron chi connectivity index (χ1n) is 5.67. The molecule has 0 saturated heterocycles. The Morgan fingerprint density at radius 1 is 0.929 bits per heavy atom. The summed E-state index contributed by atoms with van der Waals surface area (Å²) >= 11 is 0.765. The fourth-order valence-corrected chi connectivity index (χ4v) is 6.04. The van der Waals surface area contributed by atoms with Crippen LogP contribution in [0.15, 0.2) is 30.3 Å². The van der Waals surface area contributed by atoms with Crippen LogP contribution < -0.4 is 4.46 Å². The van der Waals surface area contributed by atoms with Crippen molar-refractivity contribution in [3.8, 4) is 0 Å². The Balaban J connectivity index is 1.64. The van der Waals surface area contributed by atoms with Crippen molar-refractivity contribution in [2.75, 3.05) is 0 Å². The molecule has 0 radical (unpaired) electrons. The van der Waals surface area contributed by atoms with E-state index in [-0.39, 0.29) is 0 Å². The van der Waals surface area contributed by atoms with Crippen molar-refractivity contribution in [1.29, 1.82) is 0 Å². The van der Waals surface area contributed by atoms with Crippen LogP contribution in [0.25, 0.3) is 0 Å². The zero-order chi connectivity index (χ0) is 9.38. The molecule has 1 heteroatoms. The van der Waals surface area contributed by atoms with Gasteiger partial charge < -0.3 is 0 Å². The summed E-state index contributed by atoms with van der Waals surface area (Å²) in [7, 11) is 0. The summed E-state index contributed by atoms with van der Waals surface area (Å²) in [5, 5.41) is 0. The summed E-state index contributed by atoms with van der Waals surface area (Å²) in [5.74, 6) is 2.26. The van der Waals surface area contributed by atoms with Crippen LogP contribution in [0.1, 0.15) is 25.7 Å². The molecule has 0 nitrogen and oxygen atoms in total. The number of benzene rings is 1. The van der Waals surface area contributed by atoms with Gasteiger partial charge in [-0.25, -0.2) is 0 Å². The summed E-state index contributed by atoms with van der Waals surface area (Å²) in [6.07, 6.45) is 6.07. The van der Waals surface area contributed by atoms with Gasteiger partial charge in [-0.05, 0) is 0 Å². The molecule has 0 spiro atoms. The molecule has 2 fully saturated rings. The van der Waals surface area contributed by atoms with Gasteiger partial charge in [0.1, 0.15) is 0 Å². The van der Waals surface area contributed by atoms with Gasteiger partial charge in [-0.1, -0.05) is 0 Å². The SMILES string of the molecule is c1ccc([Se]C2C3CCCCC32)cc1. The van der Waals surface area contributed by atoms with E-state index in [1.807, 2.05) is 0 Å². The molecule has 2 aliphatic carbocycles. The first-order chi connectivity index (χ1) is 6.95. The quantitative estimate of drug-likeness (QED) is 0.709. The molecule has 3 rings (SSSR count). The third-order valence-electron chi connectivity index (χ3n) is 3.59. The van der Waals surface area contributed by atoms with E-state index in [1.165, 1.54) is 25.7 Å². The number of hydrogen-bond donors (Lipinski definition) is 0. The van der Waals surface area contributed by atoms with Gasteiger partial charge in [0.2, 0.25) is 0 Å². The monoisotopic (exact) mass is 252 g/mol. The summed E-state index contributed by atoms with van der Waals surface area (Å²) in [6.45, 7) is 0. The zero-order valence-corrected chi connectivity index (χ0v) is 10.1. The molecule has 1 aromatic carbocycles. The Morgan fingerprint density at radius 3 is 2.21 bits per heavy atom. The van der Waals surface area contributed by atoms with Crippen molar-refractivity contribution >= 4 is 19.4 Å². The second-order valence-corrected chi connectivity index (χ2v) is 7.13. The van der Waals surface area contributed by atoms with Crippen LogP contribution in [0.3, 0.4) is 0 Å². The van der Waals surface area contributed by atoms with Gasteiger partial charge in [0.25, 0.3) is 0 Å². The summed E-state index contributed by atoms with van der Waals surface area (Å²) in [4.78, 5) is 1.10. The molecule has 0 N–H and O–H groups in total. The Bertz CT molecular complexity index is 294. The molecule has 74 valence electrons. The van der Waals surface area contributed by atoms with E-state index >= 15 is 0 Å². The Labute approximate surface area is 92.3 Å². The maximum absolute atomic E-state index is 2.31. The molecular weight excluding hydrogens is 235 g/mol. The van der Waals surface area contributed by atoms with Crippen LogP contribution in [0.4, 0.5) is 0 Å². The van der Waals surface area contributed by atoms with E-state index in [0.717, 1.165) is 31.6 Å². The molecular formula is C13H16Se. The van der Waals surface area contributed by atoms with Gasteiger partial charge in [-0.3, -0.25) is 0 Å². The number of hydrogen-bond acceptors (Lipinski definition) is 0. The Kier molecular flexibility index (Phi) is 2.39. The second kappa shape index (κ2) is 3.71. The molecule has 1 aromatic rings. The van der Waals surface area contributed by atoms with Crippen molar-refractivity contribution in [2.45, 2.75) is 30.5 Å². The van der Waals surface area contributed by atoms with Crippen molar-refractivity contribution in [2.24, 2.45) is 11.8 Å². The third-order valence-corrected chi connectivity index (χ3v) is 6.77. The summed E-state index contributed by atoms with van der Waals surface area (Å²) in [5.41, 5.74) is 0. The molecule has 14 heavy (non-hydrogen) atoms. The average Bonchev–Trinajstić information content (AvgIpc) is 2.94. The first-order valence-corrected chi connectivity index (χ1v) is 7.51. The molecule has 2 atom stereocenters. The molecule has 2 aliphatic rings. The molecule has 0 heterocycles. The van der Waals surface area contributed by atoms with E-state index in [0.29, 0.717) is 0 Å². The van der Waals surface area contributed by atoms with Crippen LogP contribution in [0.2, 0.25) is 4.82 Å². The van der Waals surface area contributed by atoms with E-state index in [4.69, 9.17) is 0 Å². The number of rotatable bonds is 2. The number of fused-ring (bicyclic) bond motifs is 1. The molecule has 0 aromatic heterocycles. The normalized spacial score (nSPS) is 35.0. The molecule has 0 bridgehead atoms. The molecule has 0 aliphatic heterocycles. The standard InChI is InChI=1S/C13H16Se/c1-2-6-10(7-3-1)14-13-11-8-4-5-9-12(11)13/h1-3,6-7,11-13H,4-5,8-9H2. The Morgan fingerprint density at radius 2 is 1.57 bits per heavy atom. The van der Waals surface area contributed by atoms with Crippen LogP contribution in [-0.2, 0) is 0 Å². The van der Waals surface area contributed by atoms with E-state index in [1.54, 1.807) is 4.46 Å². The van der Waals surface area contributed by atoms with Crippen molar-refractivity contribution in [3.63, 3.8) is 0 Å². The van der Waals surface area contributed by atoms with Gasteiger partial charge >= 0.3 is 92.1 Å². The maximum atomic E-state index is 2.31. The molecule has 2 unspecified atom stereocenters. The predicted octanol–water partition coefficient (Wildman–Crippen LogP) is 2.62. The van der Waals surface area contributed by atoms with Crippen molar-refractivity contribution in [3.05, 3.63) is 30.3 Å². The van der Waals surface area contributed by atoms with Gasteiger partial charge in [-0.15, -0.1) is 0 Å². The minimum atomic E-state index is 0.765. The minimum absolute atomic E-state index is 0.765. The summed E-state index contributed by atoms with van der Waals surface area (Å²) in [6, 6.07) is 11.1. The van der Waals surface area contributed by atoms with E-state index < -0.39 is 0 Å². The second-order valence-electron chi connectivity index (χ2n) is 4.51. The predicted molar refractivity (Wildman–Crippen MR) is 61.0 cm³/mol. The van der Waals surface area contributed by atoms with Crippen LogP contribution >= 0.6 is 0 Å². The van der Waals surface area contributed by atoms with E-state index in [9.17, 15) is 0 Å². The van der Waals surface area contributed by atoms with Gasteiger partial charge in [0.05, 0.1) is 0 Å². The van der Waals surface area contributed by atoms with Gasteiger partial charge in [0.15, 0.2) is 0 Å². The van der Waals surface area contributed by atoms with Gasteiger partial charge in [-0.2, -0.15) is 0 Å². The third kappa shape index (κ3) is 1.64. The summed E-state index contributed by atoms with van der Waals surface area (Å²) < 4.78 is 1.61.